The summed E-state index contributed by atoms with van der Waals surface area (Å²) in [5.41, 5.74) is 5.49. The molecule has 0 aromatic carbocycles. The standard InChI is InChI=1S/C13H29N3O/c1-2-17-13-12-16-10-8-15(9-11-16)7-5-3-4-6-14/h2-14H2,1H3. The van der Waals surface area contributed by atoms with Crippen LogP contribution in [0.3, 0.4) is 0 Å². The molecule has 102 valence electrons. The first-order valence-electron chi connectivity index (χ1n) is 7.09. The maximum atomic E-state index is 5.49. The number of rotatable bonds is 9. The fourth-order valence-corrected chi connectivity index (χ4v) is 2.23. The van der Waals surface area contributed by atoms with E-state index < -0.39 is 0 Å². The van der Waals surface area contributed by atoms with Gasteiger partial charge < -0.3 is 15.4 Å². The molecule has 1 rings (SSSR count). The number of hydrogen-bond acceptors (Lipinski definition) is 4. The molecular formula is C13H29N3O. The van der Waals surface area contributed by atoms with Crippen molar-refractivity contribution in [3.05, 3.63) is 0 Å². The Balaban J connectivity index is 1.97. The van der Waals surface area contributed by atoms with Crippen molar-refractivity contribution in [1.29, 1.82) is 0 Å². The summed E-state index contributed by atoms with van der Waals surface area (Å²) in [4.78, 5) is 5.08. The van der Waals surface area contributed by atoms with Gasteiger partial charge in [0.05, 0.1) is 6.61 Å². The lowest BCUT2D eigenvalue weighted by Crippen LogP contribution is -2.47. The molecule has 4 nitrogen and oxygen atoms in total. The van der Waals surface area contributed by atoms with Crippen molar-refractivity contribution in [2.75, 3.05) is 59.0 Å². The fraction of sp³-hybridized carbons (Fsp3) is 1.00. The van der Waals surface area contributed by atoms with Gasteiger partial charge in [0.25, 0.3) is 0 Å². The van der Waals surface area contributed by atoms with Gasteiger partial charge in [-0.25, -0.2) is 0 Å². The minimum absolute atomic E-state index is 0.834. The van der Waals surface area contributed by atoms with E-state index in [9.17, 15) is 0 Å². The van der Waals surface area contributed by atoms with E-state index >= 15 is 0 Å². The van der Waals surface area contributed by atoms with E-state index in [1.807, 2.05) is 0 Å². The van der Waals surface area contributed by atoms with Gasteiger partial charge in [-0.05, 0) is 32.9 Å². The molecule has 0 spiro atoms. The fourth-order valence-electron chi connectivity index (χ4n) is 2.23. The van der Waals surface area contributed by atoms with Crippen LogP contribution in [0.5, 0.6) is 0 Å². The molecule has 0 amide bonds. The van der Waals surface area contributed by atoms with Crippen LogP contribution < -0.4 is 5.73 Å². The highest BCUT2D eigenvalue weighted by atomic mass is 16.5. The molecule has 0 saturated carbocycles. The molecule has 0 aliphatic carbocycles. The number of piperazine rings is 1. The number of nitrogens with two attached hydrogens (primary N) is 1. The van der Waals surface area contributed by atoms with Crippen LogP contribution in [0.1, 0.15) is 26.2 Å². The van der Waals surface area contributed by atoms with E-state index in [0.717, 1.165) is 26.3 Å². The maximum Gasteiger partial charge on any atom is 0.0593 e. The molecule has 0 atom stereocenters. The average molecular weight is 243 g/mol. The van der Waals surface area contributed by atoms with Gasteiger partial charge in [0, 0.05) is 39.3 Å². The van der Waals surface area contributed by atoms with Crippen molar-refractivity contribution >= 4 is 0 Å². The zero-order valence-corrected chi connectivity index (χ0v) is 11.4. The molecule has 1 fully saturated rings. The topological polar surface area (TPSA) is 41.7 Å². The molecule has 2 N–H and O–H groups in total. The molecule has 1 heterocycles. The second-order valence-electron chi connectivity index (χ2n) is 4.73. The lowest BCUT2D eigenvalue weighted by Gasteiger charge is -2.34. The molecular weight excluding hydrogens is 214 g/mol. The molecule has 1 aliphatic rings. The zero-order chi connectivity index (χ0) is 12.3. The first kappa shape index (κ1) is 14.9. The molecule has 1 aliphatic heterocycles. The lowest BCUT2D eigenvalue weighted by atomic mass is 10.2. The van der Waals surface area contributed by atoms with Gasteiger partial charge in [0.2, 0.25) is 0 Å². The summed E-state index contributed by atoms with van der Waals surface area (Å²) in [6, 6.07) is 0. The van der Waals surface area contributed by atoms with Gasteiger partial charge >= 0.3 is 0 Å². The van der Waals surface area contributed by atoms with Crippen molar-refractivity contribution in [2.24, 2.45) is 5.73 Å². The SMILES string of the molecule is CCOCCN1CCN(CCCCCN)CC1. The van der Waals surface area contributed by atoms with E-state index in [0.29, 0.717) is 0 Å². The van der Waals surface area contributed by atoms with Crippen molar-refractivity contribution in [2.45, 2.75) is 26.2 Å². The molecule has 0 unspecified atom stereocenters. The zero-order valence-electron chi connectivity index (χ0n) is 11.4. The minimum atomic E-state index is 0.834. The monoisotopic (exact) mass is 243 g/mol. The number of ether oxygens (including phenoxy) is 1. The predicted octanol–water partition coefficient (Wildman–Crippen LogP) is 0.770. The summed E-state index contributed by atoms with van der Waals surface area (Å²) in [5.74, 6) is 0. The Morgan fingerprint density at radius 1 is 0.941 bits per heavy atom. The van der Waals surface area contributed by atoms with Crippen molar-refractivity contribution in [3.63, 3.8) is 0 Å². The third kappa shape index (κ3) is 6.99. The Morgan fingerprint density at radius 3 is 2.18 bits per heavy atom. The largest absolute Gasteiger partial charge is 0.380 e. The lowest BCUT2D eigenvalue weighted by molar-refractivity contribution is 0.0803. The van der Waals surface area contributed by atoms with Gasteiger partial charge in [-0.15, -0.1) is 0 Å². The highest BCUT2D eigenvalue weighted by Gasteiger charge is 2.15. The van der Waals surface area contributed by atoms with Crippen LogP contribution in [0, 0.1) is 0 Å². The molecule has 17 heavy (non-hydrogen) atoms. The Hall–Kier alpha value is -0.160. The first-order valence-corrected chi connectivity index (χ1v) is 7.09. The first-order chi connectivity index (χ1) is 8.36. The molecule has 0 aromatic rings. The summed E-state index contributed by atoms with van der Waals surface area (Å²) in [6.45, 7) is 11.8. The minimum Gasteiger partial charge on any atom is -0.380 e. The Labute approximate surface area is 106 Å². The molecule has 0 aromatic heterocycles. The van der Waals surface area contributed by atoms with E-state index in [2.05, 4.69) is 16.7 Å². The highest BCUT2D eigenvalue weighted by molar-refractivity contribution is 4.71. The summed E-state index contributed by atoms with van der Waals surface area (Å²) < 4.78 is 5.39. The van der Waals surface area contributed by atoms with Crippen LogP contribution in [0.4, 0.5) is 0 Å². The Bertz CT molecular complexity index is 170. The summed E-state index contributed by atoms with van der Waals surface area (Å²) >= 11 is 0. The predicted molar refractivity (Wildman–Crippen MR) is 72.3 cm³/mol. The summed E-state index contributed by atoms with van der Waals surface area (Å²) in [7, 11) is 0. The van der Waals surface area contributed by atoms with Crippen molar-refractivity contribution < 1.29 is 4.74 Å². The van der Waals surface area contributed by atoms with Crippen LogP contribution in [0.2, 0.25) is 0 Å². The van der Waals surface area contributed by atoms with E-state index in [-0.39, 0.29) is 0 Å². The molecule has 4 heteroatoms. The number of unbranched alkanes of at least 4 members (excludes halogenated alkanes) is 2. The number of hydrogen-bond donors (Lipinski definition) is 1. The van der Waals surface area contributed by atoms with Crippen molar-refractivity contribution in [1.82, 2.24) is 9.80 Å². The highest BCUT2D eigenvalue weighted by Crippen LogP contribution is 2.04. The van der Waals surface area contributed by atoms with Crippen LogP contribution >= 0.6 is 0 Å². The number of nitrogens with zero attached hydrogens (tertiary/aromatic N) is 2. The molecule has 1 saturated heterocycles. The Kier molecular flexibility index (Phi) is 8.61. The van der Waals surface area contributed by atoms with Crippen LogP contribution in [0.15, 0.2) is 0 Å². The third-order valence-corrected chi connectivity index (χ3v) is 3.40. The maximum absolute atomic E-state index is 5.49. The van der Waals surface area contributed by atoms with Gasteiger partial charge in [-0.3, -0.25) is 4.90 Å². The smallest absolute Gasteiger partial charge is 0.0593 e. The quantitative estimate of drug-likeness (QED) is 0.607. The van der Waals surface area contributed by atoms with Crippen LogP contribution in [0.25, 0.3) is 0 Å². The van der Waals surface area contributed by atoms with Crippen LogP contribution in [-0.2, 0) is 4.74 Å². The van der Waals surface area contributed by atoms with E-state index in [1.54, 1.807) is 0 Å². The Morgan fingerprint density at radius 2 is 1.59 bits per heavy atom. The molecule has 0 radical (unpaired) electrons. The van der Waals surface area contributed by atoms with E-state index in [4.69, 9.17) is 10.5 Å². The van der Waals surface area contributed by atoms with Gasteiger partial charge in [0.15, 0.2) is 0 Å². The second-order valence-corrected chi connectivity index (χ2v) is 4.73. The normalized spacial score (nSPS) is 18.7. The average Bonchev–Trinajstić information content (AvgIpc) is 2.37. The summed E-state index contributed by atoms with van der Waals surface area (Å²) in [6.07, 6.45) is 3.76. The van der Waals surface area contributed by atoms with Gasteiger partial charge in [-0.1, -0.05) is 6.42 Å². The van der Waals surface area contributed by atoms with Crippen molar-refractivity contribution in [3.8, 4) is 0 Å². The van der Waals surface area contributed by atoms with Gasteiger partial charge in [-0.2, -0.15) is 0 Å². The van der Waals surface area contributed by atoms with Gasteiger partial charge in [0.1, 0.15) is 0 Å². The van der Waals surface area contributed by atoms with Crippen LogP contribution in [-0.4, -0.2) is 68.8 Å². The van der Waals surface area contributed by atoms with E-state index in [1.165, 1.54) is 52.0 Å². The summed E-state index contributed by atoms with van der Waals surface area (Å²) in [5, 5.41) is 0. The second kappa shape index (κ2) is 9.83. The third-order valence-electron chi connectivity index (χ3n) is 3.40. The molecule has 0 bridgehead atoms.